The third-order valence-electron chi connectivity index (χ3n) is 3.27. The van der Waals surface area contributed by atoms with E-state index in [2.05, 4.69) is 5.32 Å². The molecule has 1 unspecified atom stereocenters. The minimum atomic E-state index is -0.629. The number of aliphatic hydroxyl groups excluding tert-OH is 1. The first-order valence-electron chi connectivity index (χ1n) is 6.41. The third kappa shape index (κ3) is 3.11. The van der Waals surface area contributed by atoms with Gasteiger partial charge in [0.05, 0.1) is 27.4 Å². The predicted octanol–water partition coefficient (Wildman–Crippen LogP) is 1.50. The Bertz CT molecular complexity index is 432. The lowest BCUT2D eigenvalue weighted by Crippen LogP contribution is -2.23. The molecular weight excluding hydrogens is 246 g/mol. The highest BCUT2D eigenvalue weighted by Crippen LogP contribution is 2.42. The zero-order chi connectivity index (χ0) is 13.8. The van der Waals surface area contributed by atoms with Crippen molar-refractivity contribution in [2.24, 2.45) is 0 Å². The van der Waals surface area contributed by atoms with E-state index in [-0.39, 0.29) is 0 Å². The summed E-state index contributed by atoms with van der Waals surface area (Å²) in [5.74, 6) is 1.62. The molecule has 0 bridgehead atoms. The van der Waals surface area contributed by atoms with Gasteiger partial charge in [0.15, 0.2) is 11.5 Å². The van der Waals surface area contributed by atoms with Gasteiger partial charge in [-0.25, -0.2) is 0 Å². The molecule has 5 nitrogen and oxygen atoms in total. The number of rotatable bonds is 7. The lowest BCUT2D eigenvalue weighted by Gasteiger charge is -2.19. The number of aliphatic hydroxyl groups is 1. The smallest absolute Gasteiger partial charge is 0.203 e. The highest BCUT2D eigenvalue weighted by molar-refractivity contribution is 5.56. The van der Waals surface area contributed by atoms with Gasteiger partial charge in [-0.1, -0.05) is 0 Å². The van der Waals surface area contributed by atoms with Gasteiger partial charge < -0.3 is 24.6 Å². The highest BCUT2D eigenvalue weighted by Gasteiger charge is 2.24. The summed E-state index contributed by atoms with van der Waals surface area (Å²) in [6.07, 6.45) is 1.75. The fraction of sp³-hybridized carbons (Fsp3) is 0.571. The maximum Gasteiger partial charge on any atom is 0.203 e. The van der Waals surface area contributed by atoms with Crippen LogP contribution in [-0.2, 0) is 0 Å². The van der Waals surface area contributed by atoms with Crippen LogP contribution < -0.4 is 19.5 Å². The molecule has 5 heteroatoms. The van der Waals surface area contributed by atoms with Crippen molar-refractivity contribution in [3.8, 4) is 17.2 Å². The summed E-state index contributed by atoms with van der Waals surface area (Å²) in [4.78, 5) is 0. The standard InChI is InChI=1S/C14H21NO4/c1-17-12-7-6-10(13(18-2)14(12)19-3)11(16)8-15-9-4-5-9/h6-7,9,11,15-16H,4-5,8H2,1-3H3. The monoisotopic (exact) mass is 267 g/mol. The van der Waals surface area contributed by atoms with Crippen LogP contribution >= 0.6 is 0 Å². The first kappa shape index (κ1) is 14.0. The molecule has 106 valence electrons. The molecule has 2 N–H and O–H groups in total. The Hall–Kier alpha value is -1.46. The van der Waals surface area contributed by atoms with E-state index in [0.717, 1.165) is 0 Å². The van der Waals surface area contributed by atoms with Crippen molar-refractivity contribution >= 4 is 0 Å². The first-order valence-corrected chi connectivity index (χ1v) is 6.41. The van der Waals surface area contributed by atoms with Gasteiger partial charge in [-0.05, 0) is 25.0 Å². The molecule has 1 aromatic carbocycles. The van der Waals surface area contributed by atoms with Crippen molar-refractivity contribution < 1.29 is 19.3 Å². The summed E-state index contributed by atoms with van der Waals surface area (Å²) in [7, 11) is 4.68. The Labute approximate surface area is 113 Å². The maximum atomic E-state index is 10.3. The Morgan fingerprint density at radius 1 is 1.16 bits per heavy atom. The maximum absolute atomic E-state index is 10.3. The highest BCUT2D eigenvalue weighted by atomic mass is 16.5. The zero-order valence-electron chi connectivity index (χ0n) is 11.6. The van der Waals surface area contributed by atoms with Crippen molar-refractivity contribution in [3.05, 3.63) is 17.7 Å². The quantitative estimate of drug-likeness (QED) is 0.784. The number of hydrogen-bond donors (Lipinski definition) is 2. The van der Waals surface area contributed by atoms with Gasteiger partial charge in [-0.2, -0.15) is 0 Å². The molecule has 0 heterocycles. The molecule has 19 heavy (non-hydrogen) atoms. The fourth-order valence-electron chi connectivity index (χ4n) is 2.06. The number of hydrogen-bond acceptors (Lipinski definition) is 5. The molecule has 0 aromatic heterocycles. The summed E-state index contributed by atoms with van der Waals surface area (Å²) < 4.78 is 15.9. The van der Waals surface area contributed by atoms with E-state index in [1.54, 1.807) is 33.5 Å². The molecule has 1 fully saturated rings. The van der Waals surface area contributed by atoms with Crippen molar-refractivity contribution in [1.82, 2.24) is 5.32 Å². The molecule has 1 atom stereocenters. The minimum Gasteiger partial charge on any atom is -0.493 e. The van der Waals surface area contributed by atoms with Crippen LogP contribution in [0.2, 0.25) is 0 Å². The Morgan fingerprint density at radius 3 is 2.37 bits per heavy atom. The van der Waals surface area contributed by atoms with Gasteiger partial charge in [0, 0.05) is 18.2 Å². The van der Waals surface area contributed by atoms with Crippen molar-refractivity contribution in [3.63, 3.8) is 0 Å². The SMILES string of the molecule is COc1ccc(C(O)CNC2CC2)c(OC)c1OC. The number of methoxy groups -OCH3 is 3. The van der Waals surface area contributed by atoms with Gasteiger partial charge in [-0.15, -0.1) is 0 Å². The van der Waals surface area contributed by atoms with E-state index < -0.39 is 6.10 Å². The van der Waals surface area contributed by atoms with E-state index in [1.807, 2.05) is 0 Å². The van der Waals surface area contributed by atoms with Crippen LogP contribution in [0.4, 0.5) is 0 Å². The molecule has 0 amide bonds. The normalized spacial score (nSPS) is 16.0. The van der Waals surface area contributed by atoms with Gasteiger partial charge >= 0.3 is 0 Å². The summed E-state index contributed by atoms with van der Waals surface area (Å²) in [6.45, 7) is 0.510. The summed E-state index contributed by atoms with van der Waals surface area (Å²) >= 11 is 0. The van der Waals surface area contributed by atoms with Crippen LogP contribution in [0.1, 0.15) is 24.5 Å². The van der Waals surface area contributed by atoms with Crippen LogP contribution in [-0.4, -0.2) is 39.0 Å². The summed E-state index contributed by atoms with van der Waals surface area (Å²) in [5.41, 5.74) is 0.702. The second-order valence-electron chi connectivity index (χ2n) is 4.62. The van der Waals surface area contributed by atoms with Crippen LogP contribution in [0.15, 0.2) is 12.1 Å². The van der Waals surface area contributed by atoms with E-state index in [4.69, 9.17) is 14.2 Å². The Morgan fingerprint density at radius 2 is 1.84 bits per heavy atom. The lowest BCUT2D eigenvalue weighted by molar-refractivity contribution is 0.168. The van der Waals surface area contributed by atoms with Crippen molar-refractivity contribution in [2.45, 2.75) is 25.0 Å². The molecule has 0 spiro atoms. The van der Waals surface area contributed by atoms with Crippen molar-refractivity contribution in [1.29, 1.82) is 0 Å². The number of nitrogens with one attached hydrogen (secondary N) is 1. The van der Waals surface area contributed by atoms with E-state index in [9.17, 15) is 5.11 Å². The van der Waals surface area contributed by atoms with Gasteiger partial charge in [-0.3, -0.25) is 0 Å². The van der Waals surface area contributed by atoms with Gasteiger partial charge in [0.2, 0.25) is 5.75 Å². The summed E-state index contributed by atoms with van der Waals surface area (Å²) in [5, 5.41) is 13.5. The first-order chi connectivity index (χ1) is 9.21. The average Bonchev–Trinajstić information content (AvgIpc) is 3.26. The van der Waals surface area contributed by atoms with Crippen LogP contribution in [0.3, 0.4) is 0 Å². The lowest BCUT2D eigenvalue weighted by atomic mass is 10.1. The van der Waals surface area contributed by atoms with Crippen LogP contribution in [0.25, 0.3) is 0 Å². The average molecular weight is 267 g/mol. The molecule has 1 saturated carbocycles. The van der Waals surface area contributed by atoms with Gasteiger partial charge in [0.25, 0.3) is 0 Å². The van der Waals surface area contributed by atoms with Gasteiger partial charge in [0.1, 0.15) is 0 Å². The van der Waals surface area contributed by atoms with Crippen molar-refractivity contribution in [2.75, 3.05) is 27.9 Å². The van der Waals surface area contributed by atoms with E-state index in [0.29, 0.717) is 35.4 Å². The van der Waals surface area contributed by atoms with E-state index in [1.165, 1.54) is 12.8 Å². The molecule has 2 rings (SSSR count). The molecule has 0 aliphatic heterocycles. The Balaban J connectivity index is 2.22. The number of benzene rings is 1. The predicted molar refractivity (Wildman–Crippen MR) is 72.1 cm³/mol. The second kappa shape index (κ2) is 6.12. The Kier molecular flexibility index (Phi) is 4.50. The topological polar surface area (TPSA) is 60.0 Å². The molecule has 1 aliphatic carbocycles. The molecule has 0 saturated heterocycles. The third-order valence-corrected chi connectivity index (χ3v) is 3.27. The summed E-state index contributed by atoms with van der Waals surface area (Å²) in [6, 6.07) is 4.14. The largest absolute Gasteiger partial charge is 0.493 e. The molecule has 1 aromatic rings. The van der Waals surface area contributed by atoms with Crippen LogP contribution in [0, 0.1) is 0 Å². The van der Waals surface area contributed by atoms with Crippen LogP contribution in [0.5, 0.6) is 17.2 Å². The molecule has 1 aliphatic rings. The van der Waals surface area contributed by atoms with E-state index >= 15 is 0 Å². The second-order valence-corrected chi connectivity index (χ2v) is 4.62. The fourth-order valence-corrected chi connectivity index (χ4v) is 2.06. The molecular formula is C14H21NO4. The minimum absolute atomic E-state index is 0.507. The number of ether oxygens (including phenoxy) is 3. The molecule has 0 radical (unpaired) electrons. The zero-order valence-corrected chi connectivity index (χ0v) is 11.6.